The van der Waals surface area contributed by atoms with Crippen molar-refractivity contribution in [1.29, 1.82) is 0 Å². The second-order valence-corrected chi connectivity index (χ2v) is 8.45. The van der Waals surface area contributed by atoms with Crippen molar-refractivity contribution in [3.63, 3.8) is 0 Å². The van der Waals surface area contributed by atoms with Gasteiger partial charge in [-0.25, -0.2) is 4.98 Å². The zero-order valence-electron chi connectivity index (χ0n) is 17.7. The molecule has 0 radical (unpaired) electrons. The van der Waals surface area contributed by atoms with Crippen LogP contribution in [0.2, 0.25) is 5.02 Å². The van der Waals surface area contributed by atoms with E-state index >= 15 is 0 Å². The summed E-state index contributed by atoms with van der Waals surface area (Å²) in [6, 6.07) is 12.1. The third-order valence-corrected chi connectivity index (χ3v) is 6.05. The van der Waals surface area contributed by atoms with E-state index in [2.05, 4.69) is 32.3 Å². The molecular formula is C24H27ClN4O2. The highest BCUT2D eigenvalue weighted by Gasteiger charge is 2.21. The van der Waals surface area contributed by atoms with Gasteiger partial charge in [-0.3, -0.25) is 14.7 Å². The molecule has 31 heavy (non-hydrogen) atoms. The summed E-state index contributed by atoms with van der Waals surface area (Å²) in [5, 5.41) is 3.98. The van der Waals surface area contributed by atoms with E-state index in [1.54, 1.807) is 12.5 Å². The van der Waals surface area contributed by atoms with Gasteiger partial charge in [0.05, 0.1) is 5.69 Å². The normalized spacial score (nSPS) is 15.2. The molecule has 7 heteroatoms. The Labute approximate surface area is 187 Å². The van der Waals surface area contributed by atoms with Crippen LogP contribution in [0.25, 0.3) is 11.4 Å². The van der Waals surface area contributed by atoms with Gasteiger partial charge in [-0.1, -0.05) is 29.8 Å². The Morgan fingerprint density at radius 1 is 1.23 bits per heavy atom. The van der Waals surface area contributed by atoms with Gasteiger partial charge in [-0.2, -0.15) is 0 Å². The lowest BCUT2D eigenvalue weighted by Gasteiger charge is -2.32. The number of hydrogen-bond donors (Lipinski definition) is 1. The maximum Gasteiger partial charge on any atom is 0.220 e. The van der Waals surface area contributed by atoms with Crippen molar-refractivity contribution >= 4 is 17.5 Å². The molecule has 0 saturated carbocycles. The van der Waals surface area contributed by atoms with Crippen LogP contribution in [-0.4, -0.2) is 39.9 Å². The van der Waals surface area contributed by atoms with E-state index in [9.17, 15) is 4.79 Å². The van der Waals surface area contributed by atoms with Crippen LogP contribution >= 0.6 is 11.6 Å². The van der Waals surface area contributed by atoms with Crippen LogP contribution in [0.4, 0.5) is 0 Å². The first-order valence-electron chi connectivity index (χ1n) is 10.7. The van der Waals surface area contributed by atoms with E-state index in [4.69, 9.17) is 16.0 Å². The first-order valence-corrected chi connectivity index (χ1v) is 11.1. The first-order chi connectivity index (χ1) is 15.1. The number of rotatable bonds is 7. The molecule has 0 aliphatic carbocycles. The van der Waals surface area contributed by atoms with E-state index in [0.29, 0.717) is 24.4 Å². The lowest BCUT2D eigenvalue weighted by molar-refractivity contribution is -0.122. The summed E-state index contributed by atoms with van der Waals surface area (Å²) >= 11 is 6.24. The number of hydrogen-bond acceptors (Lipinski definition) is 5. The monoisotopic (exact) mass is 438 g/mol. The van der Waals surface area contributed by atoms with Crippen LogP contribution < -0.4 is 5.32 Å². The van der Waals surface area contributed by atoms with Gasteiger partial charge in [-0.15, -0.1) is 0 Å². The Balaban J connectivity index is 1.19. The molecule has 0 spiro atoms. The summed E-state index contributed by atoms with van der Waals surface area (Å²) in [7, 11) is 0. The standard InChI is InChI=1S/C24H27ClN4O2/c1-17-5-6-18(14-20(17)25)15-29-12-9-19(10-13-29)27-23(30)7-8-24-28-22(16-31-24)21-4-2-3-11-26-21/h2-6,11,14,16,19H,7-10,12-13,15H2,1H3,(H,27,30). The number of halogens is 1. The predicted octanol–water partition coefficient (Wildman–Crippen LogP) is 4.41. The SMILES string of the molecule is Cc1ccc(CN2CCC(NC(=O)CCc3nc(-c4ccccn4)co3)CC2)cc1Cl. The quantitative estimate of drug-likeness (QED) is 0.591. The lowest BCUT2D eigenvalue weighted by Crippen LogP contribution is -2.44. The largest absolute Gasteiger partial charge is 0.448 e. The second-order valence-electron chi connectivity index (χ2n) is 8.04. The van der Waals surface area contributed by atoms with Gasteiger partial charge in [0, 0.05) is 49.7 Å². The van der Waals surface area contributed by atoms with Crippen molar-refractivity contribution in [3.8, 4) is 11.4 Å². The summed E-state index contributed by atoms with van der Waals surface area (Å²) < 4.78 is 5.50. The minimum atomic E-state index is 0.0429. The Kier molecular flexibility index (Phi) is 6.99. The van der Waals surface area contributed by atoms with Crippen molar-refractivity contribution < 1.29 is 9.21 Å². The van der Waals surface area contributed by atoms with Crippen LogP contribution in [0.5, 0.6) is 0 Å². The maximum atomic E-state index is 12.4. The third-order valence-electron chi connectivity index (χ3n) is 5.64. The number of carbonyl (C=O) groups excluding carboxylic acids is 1. The van der Waals surface area contributed by atoms with E-state index < -0.39 is 0 Å². The molecule has 0 atom stereocenters. The van der Waals surface area contributed by atoms with E-state index in [1.807, 2.05) is 31.2 Å². The van der Waals surface area contributed by atoms with Crippen molar-refractivity contribution in [2.24, 2.45) is 0 Å². The summed E-state index contributed by atoms with van der Waals surface area (Å²) in [5.41, 5.74) is 3.79. The summed E-state index contributed by atoms with van der Waals surface area (Å²) in [6.45, 7) is 4.83. The van der Waals surface area contributed by atoms with Gasteiger partial charge < -0.3 is 9.73 Å². The molecule has 6 nitrogen and oxygen atoms in total. The van der Waals surface area contributed by atoms with Gasteiger partial charge in [0.25, 0.3) is 0 Å². The topological polar surface area (TPSA) is 71.3 Å². The predicted molar refractivity (Wildman–Crippen MR) is 121 cm³/mol. The minimum absolute atomic E-state index is 0.0429. The molecule has 1 fully saturated rings. The Morgan fingerprint density at radius 2 is 2.06 bits per heavy atom. The summed E-state index contributed by atoms with van der Waals surface area (Å²) in [6.07, 6.45) is 6.06. The highest BCUT2D eigenvalue weighted by molar-refractivity contribution is 6.31. The number of oxazole rings is 1. The number of aromatic nitrogens is 2. The average molecular weight is 439 g/mol. The molecule has 2 aromatic heterocycles. The Hall–Kier alpha value is -2.70. The fourth-order valence-corrected chi connectivity index (χ4v) is 4.01. The van der Waals surface area contributed by atoms with Gasteiger partial charge in [0.2, 0.25) is 5.91 Å². The van der Waals surface area contributed by atoms with Gasteiger partial charge in [0.1, 0.15) is 12.0 Å². The molecule has 1 amide bonds. The number of nitrogens with one attached hydrogen (secondary N) is 1. The van der Waals surface area contributed by atoms with Crippen molar-refractivity contribution in [2.45, 2.75) is 45.2 Å². The fourth-order valence-electron chi connectivity index (χ4n) is 3.81. The van der Waals surface area contributed by atoms with E-state index in [-0.39, 0.29) is 11.9 Å². The number of pyridine rings is 1. The van der Waals surface area contributed by atoms with Crippen LogP contribution in [0.3, 0.4) is 0 Å². The fraction of sp³-hybridized carbons (Fsp3) is 0.375. The van der Waals surface area contributed by atoms with E-state index in [1.165, 1.54) is 5.56 Å². The van der Waals surface area contributed by atoms with Crippen molar-refractivity contribution in [2.75, 3.05) is 13.1 Å². The second kappa shape index (κ2) is 10.1. The van der Waals surface area contributed by atoms with Crippen LogP contribution in [-0.2, 0) is 17.8 Å². The Morgan fingerprint density at radius 3 is 2.81 bits per heavy atom. The summed E-state index contributed by atoms with van der Waals surface area (Å²) in [5.74, 6) is 0.601. The highest BCUT2D eigenvalue weighted by Crippen LogP contribution is 2.20. The molecule has 162 valence electrons. The van der Waals surface area contributed by atoms with Crippen LogP contribution in [0.1, 0.15) is 36.3 Å². The zero-order valence-corrected chi connectivity index (χ0v) is 18.4. The number of nitrogens with zero attached hydrogens (tertiary/aromatic N) is 3. The third kappa shape index (κ3) is 5.93. The number of amides is 1. The number of piperidine rings is 1. The first kappa shape index (κ1) is 21.5. The van der Waals surface area contributed by atoms with E-state index in [0.717, 1.165) is 48.8 Å². The van der Waals surface area contributed by atoms with Gasteiger partial charge in [-0.05, 0) is 49.1 Å². The molecule has 1 aromatic carbocycles. The summed E-state index contributed by atoms with van der Waals surface area (Å²) in [4.78, 5) is 23.5. The van der Waals surface area contributed by atoms with Crippen LogP contribution in [0, 0.1) is 6.92 Å². The van der Waals surface area contributed by atoms with Gasteiger partial charge in [0.15, 0.2) is 5.89 Å². The zero-order chi connectivity index (χ0) is 21.6. The Bertz CT molecular complexity index is 1010. The number of benzene rings is 1. The van der Waals surface area contributed by atoms with Crippen molar-refractivity contribution in [1.82, 2.24) is 20.2 Å². The molecule has 3 heterocycles. The molecule has 1 aliphatic rings. The van der Waals surface area contributed by atoms with Crippen molar-refractivity contribution in [3.05, 3.63) is 70.9 Å². The molecule has 1 aliphatic heterocycles. The van der Waals surface area contributed by atoms with Crippen LogP contribution in [0.15, 0.2) is 53.3 Å². The molecule has 1 saturated heterocycles. The lowest BCUT2D eigenvalue weighted by atomic mass is 10.0. The maximum absolute atomic E-state index is 12.4. The molecule has 3 aromatic rings. The number of aryl methyl sites for hydroxylation is 2. The average Bonchev–Trinajstić information content (AvgIpc) is 3.26. The molecule has 0 bridgehead atoms. The number of carbonyl (C=O) groups is 1. The molecule has 4 rings (SSSR count). The minimum Gasteiger partial charge on any atom is -0.448 e. The smallest absolute Gasteiger partial charge is 0.220 e. The number of likely N-dealkylation sites (tertiary alicyclic amines) is 1. The van der Waals surface area contributed by atoms with Gasteiger partial charge >= 0.3 is 0 Å². The highest BCUT2D eigenvalue weighted by atomic mass is 35.5. The molecule has 1 N–H and O–H groups in total. The molecule has 0 unspecified atom stereocenters. The molecular weight excluding hydrogens is 412 g/mol.